The van der Waals surface area contributed by atoms with Crippen LogP contribution in [0.25, 0.3) is 10.1 Å². The van der Waals surface area contributed by atoms with Crippen molar-refractivity contribution in [2.75, 3.05) is 12.4 Å². The third-order valence-electron chi connectivity index (χ3n) is 3.73. The Hall–Kier alpha value is -2.52. The standard InChI is InChI=1S/C17H14ClF2N3O3S/c1-8-5-11(16(19)20)23(22-8)7-13(24)21-9-3-4-10-12(6-9)27-15(14(10)18)17(25)26-2/h3-6,16H,7H2,1-2H3,(H,21,24). The predicted octanol–water partition coefficient (Wildman–Crippen LogP) is 4.42. The number of alkyl halides is 2. The number of hydrogen-bond acceptors (Lipinski definition) is 5. The van der Waals surface area contributed by atoms with Crippen molar-refractivity contribution in [1.82, 2.24) is 9.78 Å². The molecule has 0 atom stereocenters. The molecule has 1 N–H and O–H groups in total. The van der Waals surface area contributed by atoms with Crippen LogP contribution in [0.15, 0.2) is 24.3 Å². The number of aryl methyl sites for hydroxylation is 1. The van der Waals surface area contributed by atoms with E-state index in [2.05, 4.69) is 15.2 Å². The van der Waals surface area contributed by atoms with Crippen molar-refractivity contribution in [3.63, 3.8) is 0 Å². The van der Waals surface area contributed by atoms with Gasteiger partial charge >= 0.3 is 5.97 Å². The van der Waals surface area contributed by atoms with Crippen LogP contribution in [0.3, 0.4) is 0 Å². The SMILES string of the molecule is COC(=O)c1sc2cc(NC(=O)Cn3nc(C)cc3C(F)F)ccc2c1Cl. The summed E-state index contributed by atoms with van der Waals surface area (Å²) in [6.45, 7) is 1.23. The fourth-order valence-electron chi connectivity index (χ4n) is 2.57. The molecule has 10 heteroatoms. The van der Waals surface area contributed by atoms with E-state index >= 15 is 0 Å². The minimum absolute atomic E-state index is 0.270. The van der Waals surface area contributed by atoms with Gasteiger partial charge in [-0.05, 0) is 31.2 Å². The molecular formula is C17H14ClF2N3O3S. The molecule has 2 heterocycles. The molecule has 0 aliphatic carbocycles. The molecule has 3 aromatic rings. The Morgan fingerprint density at radius 3 is 2.78 bits per heavy atom. The normalized spacial score (nSPS) is 11.2. The number of methoxy groups -OCH3 is 1. The molecule has 0 aliphatic heterocycles. The number of rotatable bonds is 5. The number of ether oxygens (including phenoxy) is 1. The van der Waals surface area contributed by atoms with E-state index < -0.39 is 18.3 Å². The fraction of sp³-hybridized carbons (Fsp3) is 0.235. The number of carbonyl (C=O) groups excluding carboxylic acids is 2. The van der Waals surface area contributed by atoms with Crippen molar-refractivity contribution in [2.24, 2.45) is 0 Å². The molecule has 0 radical (unpaired) electrons. The van der Waals surface area contributed by atoms with E-state index in [0.717, 1.165) is 16.0 Å². The minimum Gasteiger partial charge on any atom is -0.465 e. The summed E-state index contributed by atoms with van der Waals surface area (Å²) in [6, 6.07) is 6.17. The van der Waals surface area contributed by atoms with Crippen LogP contribution in [0.4, 0.5) is 14.5 Å². The number of fused-ring (bicyclic) bond motifs is 1. The third kappa shape index (κ3) is 3.93. The van der Waals surface area contributed by atoms with Gasteiger partial charge in [-0.3, -0.25) is 9.48 Å². The van der Waals surface area contributed by atoms with Crippen molar-refractivity contribution in [2.45, 2.75) is 19.9 Å². The molecule has 3 rings (SSSR count). The summed E-state index contributed by atoms with van der Waals surface area (Å²) in [5.41, 5.74) is 0.540. The Morgan fingerprint density at radius 2 is 2.11 bits per heavy atom. The van der Waals surface area contributed by atoms with Crippen LogP contribution >= 0.6 is 22.9 Å². The quantitative estimate of drug-likeness (QED) is 0.628. The largest absolute Gasteiger partial charge is 0.465 e. The molecular weight excluding hydrogens is 400 g/mol. The molecule has 0 saturated carbocycles. The van der Waals surface area contributed by atoms with Crippen LogP contribution in [0.2, 0.25) is 5.02 Å². The first kappa shape index (κ1) is 19.2. The van der Waals surface area contributed by atoms with E-state index in [-0.39, 0.29) is 22.1 Å². The lowest BCUT2D eigenvalue weighted by molar-refractivity contribution is -0.117. The molecule has 0 saturated heterocycles. The Balaban J connectivity index is 1.80. The first-order valence-corrected chi connectivity index (χ1v) is 8.92. The highest BCUT2D eigenvalue weighted by atomic mass is 35.5. The highest BCUT2D eigenvalue weighted by molar-refractivity contribution is 7.21. The zero-order chi connectivity index (χ0) is 19.7. The molecule has 142 valence electrons. The van der Waals surface area contributed by atoms with Gasteiger partial charge in [-0.15, -0.1) is 11.3 Å². The third-order valence-corrected chi connectivity index (χ3v) is 5.37. The second-order valence-corrected chi connectivity index (χ2v) is 7.09. The van der Waals surface area contributed by atoms with Crippen LogP contribution in [-0.4, -0.2) is 28.8 Å². The Bertz CT molecular complexity index is 1030. The molecule has 0 bridgehead atoms. The molecule has 0 fully saturated rings. The summed E-state index contributed by atoms with van der Waals surface area (Å²) in [7, 11) is 1.26. The van der Waals surface area contributed by atoms with E-state index in [1.54, 1.807) is 25.1 Å². The van der Waals surface area contributed by atoms with Crippen molar-refractivity contribution in [3.8, 4) is 0 Å². The highest BCUT2D eigenvalue weighted by Gasteiger charge is 2.19. The zero-order valence-electron chi connectivity index (χ0n) is 14.3. The molecule has 1 amide bonds. The Morgan fingerprint density at radius 1 is 1.37 bits per heavy atom. The molecule has 27 heavy (non-hydrogen) atoms. The van der Waals surface area contributed by atoms with Gasteiger partial charge in [-0.25, -0.2) is 13.6 Å². The summed E-state index contributed by atoms with van der Waals surface area (Å²) >= 11 is 7.32. The van der Waals surface area contributed by atoms with Crippen LogP contribution < -0.4 is 5.32 Å². The van der Waals surface area contributed by atoms with Crippen molar-refractivity contribution < 1.29 is 23.1 Å². The summed E-state index contributed by atoms with van der Waals surface area (Å²) < 4.78 is 32.3. The number of carbonyl (C=O) groups is 2. The maximum Gasteiger partial charge on any atom is 0.349 e. The molecule has 0 aliphatic rings. The zero-order valence-corrected chi connectivity index (χ0v) is 15.8. The number of anilines is 1. The number of benzene rings is 1. The second kappa shape index (κ2) is 7.61. The van der Waals surface area contributed by atoms with Gasteiger partial charge < -0.3 is 10.1 Å². The number of esters is 1. The van der Waals surface area contributed by atoms with Crippen LogP contribution in [0.1, 0.15) is 27.5 Å². The van der Waals surface area contributed by atoms with E-state index in [0.29, 0.717) is 21.5 Å². The summed E-state index contributed by atoms with van der Waals surface area (Å²) in [6.07, 6.45) is -2.72. The number of nitrogens with one attached hydrogen (secondary N) is 1. The lowest BCUT2D eigenvalue weighted by Gasteiger charge is -2.08. The van der Waals surface area contributed by atoms with Crippen LogP contribution in [0.5, 0.6) is 0 Å². The predicted molar refractivity (Wildman–Crippen MR) is 98.7 cm³/mol. The number of halogens is 3. The van der Waals surface area contributed by atoms with Crippen molar-refractivity contribution in [1.29, 1.82) is 0 Å². The van der Waals surface area contributed by atoms with Gasteiger partial charge in [0, 0.05) is 15.8 Å². The lowest BCUT2D eigenvalue weighted by Crippen LogP contribution is -2.21. The molecule has 0 spiro atoms. The van der Waals surface area contributed by atoms with Gasteiger partial charge in [0.05, 0.1) is 17.8 Å². The smallest absolute Gasteiger partial charge is 0.349 e. The van der Waals surface area contributed by atoms with E-state index in [1.807, 2.05) is 0 Å². The van der Waals surface area contributed by atoms with Crippen LogP contribution in [-0.2, 0) is 16.1 Å². The fourth-order valence-corrected chi connectivity index (χ4v) is 4.04. The Labute approximate surface area is 161 Å². The highest BCUT2D eigenvalue weighted by Crippen LogP contribution is 2.37. The van der Waals surface area contributed by atoms with Crippen molar-refractivity contribution >= 4 is 50.6 Å². The summed E-state index contributed by atoms with van der Waals surface area (Å²) in [5, 5.41) is 7.49. The molecule has 2 aromatic heterocycles. The van der Waals surface area contributed by atoms with Gasteiger partial charge in [0.15, 0.2) is 0 Å². The number of aromatic nitrogens is 2. The maximum atomic E-state index is 13.0. The monoisotopic (exact) mass is 413 g/mol. The Kier molecular flexibility index (Phi) is 5.43. The maximum absolute atomic E-state index is 13.0. The average molecular weight is 414 g/mol. The van der Waals surface area contributed by atoms with Gasteiger partial charge in [-0.1, -0.05) is 11.6 Å². The van der Waals surface area contributed by atoms with Gasteiger partial charge in [0.25, 0.3) is 6.43 Å². The first-order valence-electron chi connectivity index (χ1n) is 7.73. The molecule has 1 aromatic carbocycles. The minimum atomic E-state index is -2.72. The molecule has 0 unspecified atom stereocenters. The second-order valence-electron chi connectivity index (χ2n) is 5.66. The summed E-state index contributed by atoms with van der Waals surface area (Å²) in [4.78, 5) is 24.2. The van der Waals surface area contributed by atoms with E-state index in [4.69, 9.17) is 11.6 Å². The number of thiophene rings is 1. The number of nitrogens with zero attached hydrogens (tertiary/aromatic N) is 2. The lowest BCUT2D eigenvalue weighted by atomic mass is 10.2. The average Bonchev–Trinajstić information content (AvgIpc) is 3.14. The van der Waals surface area contributed by atoms with Gasteiger partial charge in [-0.2, -0.15) is 5.10 Å². The van der Waals surface area contributed by atoms with Crippen LogP contribution in [0, 0.1) is 6.92 Å². The van der Waals surface area contributed by atoms with Gasteiger partial charge in [0.2, 0.25) is 5.91 Å². The van der Waals surface area contributed by atoms with Gasteiger partial charge in [0.1, 0.15) is 17.1 Å². The number of hydrogen-bond donors (Lipinski definition) is 1. The molecule has 6 nitrogen and oxygen atoms in total. The van der Waals surface area contributed by atoms with E-state index in [1.165, 1.54) is 13.2 Å². The first-order chi connectivity index (χ1) is 12.8. The summed E-state index contributed by atoms with van der Waals surface area (Å²) in [5.74, 6) is -1.05. The van der Waals surface area contributed by atoms with Crippen molar-refractivity contribution in [3.05, 3.63) is 45.6 Å². The number of amides is 1. The topological polar surface area (TPSA) is 73.2 Å². The van der Waals surface area contributed by atoms with E-state index in [9.17, 15) is 18.4 Å².